The number of halogens is 2. The van der Waals surface area contributed by atoms with Gasteiger partial charge < -0.3 is 15.3 Å². The summed E-state index contributed by atoms with van der Waals surface area (Å²) in [4.78, 5) is 13.6. The third-order valence-corrected chi connectivity index (χ3v) is 6.16. The molecule has 2 aromatic rings. The Morgan fingerprint density at radius 2 is 2.16 bits per heavy atom. The molecule has 0 aliphatic carbocycles. The third-order valence-electron chi connectivity index (χ3n) is 5.89. The highest BCUT2D eigenvalue weighted by Crippen LogP contribution is 2.52. The fourth-order valence-electron chi connectivity index (χ4n) is 4.41. The number of aromatic nitrogens is 2. The van der Waals surface area contributed by atoms with Crippen molar-refractivity contribution in [1.82, 2.24) is 20.0 Å². The first kappa shape index (κ1) is 16.6. The van der Waals surface area contributed by atoms with Gasteiger partial charge in [-0.25, -0.2) is 9.18 Å². The van der Waals surface area contributed by atoms with E-state index in [9.17, 15) is 14.3 Å². The highest BCUT2D eigenvalue weighted by Gasteiger charge is 2.52. The lowest BCUT2D eigenvalue weighted by Gasteiger charge is -2.42. The standard InChI is InChI=1S/C17H20ClFN4O2/c1-17(10-3-5-22(6-4-10)16(25)20-2)15(24)12-13(19)11(18)7-9-8-21-23(17)14(9)12/h7-8,10,15,24H,3-6H2,1-2H3,(H,20,25)/t15-,17?/m1/s1. The molecule has 8 heteroatoms. The van der Waals surface area contributed by atoms with Crippen molar-refractivity contribution >= 4 is 28.5 Å². The SMILES string of the molecule is CNC(=O)N1CCC(C2(C)[C@H](O)c3c(F)c(Cl)cc4cnn2c34)CC1. The lowest BCUT2D eigenvalue weighted by atomic mass is 9.75. The molecule has 2 aliphatic rings. The van der Waals surface area contributed by atoms with Crippen molar-refractivity contribution in [2.24, 2.45) is 5.92 Å². The van der Waals surface area contributed by atoms with Gasteiger partial charge in [0, 0.05) is 31.1 Å². The number of aliphatic hydroxyl groups is 1. The van der Waals surface area contributed by atoms with E-state index < -0.39 is 17.5 Å². The first-order valence-corrected chi connectivity index (χ1v) is 8.78. The molecule has 0 saturated carbocycles. The highest BCUT2D eigenvalue weighted by atomic mass is 35.5. The van der Waals surface area contributed by atoms with Crippen molar-refractivity contribution < 1.29 is 14.3 Å². The van der Waals surface area contributed by atoms with Gasteiger partial charge in [-0.15, -0.1) is 0 Å². The van der Waals surface area contributed by atoms with E-state index in [1.165, 1.54) is 0 Å². The van der Waals surface area contributed by atoms with E-state index in [0.717, 1.165) is 5.39 Å². The Balaban J connectivity index is 1.72. The van der Waals surface area contributed by atoms with Gasteiger partial charge in [0.1, 0.15) is 11.9 Å². The number of hydrogen-bond acceptors (Lipinski definition) is 3. The van der Waals surface area contributed by atoms with E-state index in [1.54, 1.807) is 28.9 Å². The average Bonchev–Trinajstić information content (AvgIpc) is 3.13. The third kappa shape index (κ3) is 2.12. The van der Waals surface area contributed by atoms with Gasteiger partial charge in [0.25, 0.3) is 0 Å². The molecule has 0 bridgehead atoms. The van der Waals surface area contributed by atoms with Crippen LogP contribution in [-0.4, -0.2) is 46.0 Å². The number of benzene rings is 1. The summed E-state index contributed by atoms with van der Waals surface area (Å²) in [7, 11) is 1.61. The summed E-state index contributed by atoms with van der Waals surface area (Å²) in [5, 5.41) is 18.8. The normalized spacial score (nSPS) is 26.4. The van der Waals surface area contributed by atoms with Gasteiger partial charge in [-0.1, -0.05) is 11.6 Å². The molecule has 1 aromatic heterocycles. The molecule has 2 atom stereocenters. The van der Waals surface area contributed by atoms with E-state index in [4.69, 9.17) is 11.6 Å². The molecule has 2 aliphatic heterocycles. The Hall–Kier alpha value is -1.86. The predicted molar refractivity (Wildman–Crippen MR) is 92.1 cm³/mol. The molecular weight excluding hydrogens is 347 g/mol. The molecule has 4 rings (SSSR count). The summed E-state index contributed by atoms with van der Waals surface area (Å²) in [5.74, 6) is -0.507. The molecule has 3 heterocycles. The van der Waals surface area contributed by atoms with Gasteiger partial charge >= 0.3 is 6.03 Å². The maximum absolute atomic E-state index is 14.6. The molecule has 134 valence electrons. The van der Waals surface area contributed by atoms with Gasteiger partial charge in [-0.3, -0.25) is 4.68 Å². The van der Waals surface area contributed by atoms with Crippen LogP contribution in [0.5, 0.6) is 0 Å². The highest BCUT2D eigenvalue weighted by molar-refractivity contribution is 6.31. The number of urea groups is 1. The van der Waals surface area contributed by atoms with Crippen molar-refractivity contribution in [3.8, 4) is 0 Å². The molecular formula is C17H20ClFN4O2. The molecule has 1 aromatic carbocycles. The number of hydrogen-bond donors (Lipinski definition) is 2. The van der Waals surface area contributed by atoms with Gasteiger partial charge in [0.05, 0.1) is 22.3 Å². The van der Waals surface area contributed by atoms with Crippen LogP contribution < -0.4 is 5.32 Å². The Bertz CT molecular complexity index is 862. The second-order valence-electron chi connectivity index (χ2n) is 7.03. The summed E-state index contributed by atoms with van der Waals surface area (Å²) < 4.78 is 16.4. The fraction of sp³-hybridized carbons (Fsp3) is 0.529. The van der Waals surface area contributed by atoms with Crippen LogP contribution >= 0.6 is 11.6 Å². The van der Waals surface area contributed by atoms with Gasteiger partial charge in [0.15, 0.2) is 0 Å². The van der Waals surface area contributed by atoms with Crippen LogP contribution in [0.25, 0.3) is 10.9 Å². The largest absolute Gasteiger partial charge is 0.386 e. The van der Waals surface area contributed by atoms with E-state index in [1.807, 2.05) is 6.92 Å². The van der Waals surface area contributed by atoms with Crippen molar-refractivity contribution in [3.63, 3.8) is 0 Å². The van der Waals surface area contributed by atoms with Crippen molar-refractivity contribution in [2.75, 3.05) is 20.1 Å². The molecule has 1 fully saturated rings. The van der Waals surface area contributed by atoms with E-state index in [-0.39, 0.29) is 22.5 Å². The maximum atomic E-state index is 14.6. The number of amides is 2. The monoisotopic (exact) mass is 366 g/mol. The van der Waals surface area contributed by atoms with E-state index in [0.29, 0.717) is 31.4 Å². The number of carbonyl (C=O) groups excluding carboxylic acids is 1. The summed E-state index contributed by atoms with van der Waals surface area (Å²) in [5.41, 5.74) is 0.0894. The van der Waals surface area contributed by atoms with Gasteiger partial charge in [-0.05, 0) is 31.7 Å². The Morgan fingerprint density at radius 1 is 1.48 bits per heavy atom. The first-order chi connectivity index (χ1) is 11.9. The zero-order valence-corrected chi connectivity index (χ0v) is 14.8. The minimum absolute atomic E-state index is 0.000198. The zero-order valence-electron chi connectivity index (χ0n) is 14.1. The topological polar surface area (TPSA) is 70.4 Å². The van der Waals surface area contributed by atoms with Crippen molar-refractivity contribution in [3.05, 3.63) is 28.7 Å². The van der Waals surface area contributed by atoms with Crippen molar-refractivity contribution in [2.45, 2.75) is 31.4 Å². The molecule has 1 saturated heterocycles. The first-order valence-electron chi connectivity index (χ1n) is 8.40. The number of piperidine rings is 1. The van der Waals surface area contributed by atoms with Crippen LogP contribution in [0.4, 0.5) is 9.18 Å². The van der Waals surface area contributed by atoms with Crippen LogP contribution in [0.1, 0.15) is 31.4 Å². The van der Waals surface area contributed by atoms with Crippen LogP contribution in [0.2, 0.25) is 5.02 Å². The van der Waals surface area contributed by atoms with Crippen LogP contribution in [0, 0.1) is 11.7 Å². The summed E-state index contributed by atoms with van der Waals surface area (Å²) in [6.07, 6.45) is 2.07. The van der Waals surface area contributed by atoms with E-state index in [2.05, 4.69) is 10.4 Å². The second-order valence-corrected chi connectivity index (χ2v) is 7.43. The molecule has 2 N–H and O–H groups in total. The summed E-state index contributed by atoms with van der Waals surface area (Å²) in [6, 6.07) is 1.45. The zero-order chi connectivity index (χ0) is 17.9. The Morgan fingerprint density at radius 3 is 2.80 bits per heavy atom. The maximum Gasteiger partial charge on any atom is 0.317 e. The predicted octanol–water partition coefficient (Wildman–Crippen LogP) is 2.64. The minimum Gasteiger partial charge on any atom is -0.386 e. The molecule has 6 nitrogen and oxygen atoms in total. The van der Waals surface area contributed by atoms with Crippen LogP contribution in [0.3, 0.4) is 0 Å². The number of nitrogens with zero attached hydrogens (tertiary/aromatic N) is 3. The van der Waals surface area contributed by atoms with Crippen LogP contribution in [-0.2, 0) is 5.54 Å². The Labute approximate surface area is 149 Å². The van der Waals surface area contributed by atoms with E-state index >= 15 is 0 Å². The van der Waals surface area contributed by atoms with Crippen LogP contribution in [0.15, 0.2) is 12.3 Å². The molecule has 2 amide bonds. The molecule has 0 spiro atoms. The summed E-state index contributed by atoms with van der Waals surface area (Å²) >= 11 is 5.99. The number of likely N-dealkylation sites (tertiary alicyclic amines) is 1. The number of aliphatic hydroxyl groups excluding tert-OH is 1. The minimum atomic E-state index is -1.02. The second kappa shape index (κ2) is 5.57. The number of rotatable bonds is 1. The molecule has 1 unspecified atom stereocenters. The fourth-order valence-corrected chi connectivity index (χ4v) is 4.63. The smallest absolute Gasteiger partial charge is 0.317 e. The van der Waals surface area contributed by atoms with Gasteiger partial charge in [-0.2, -0.15) is 5.10 Å². The lowest BCUT2D eigenvalue weighted by Crippen LogP contribution is -2.49. The Kier molecular flexibility index (Phi) is 3.70. The average molecular weight is 367 g/mol. The lowest BCUT2D eigenvalue weighted by molar-refractivity contribution is -0.0129. The van der Waals surface area contributed by atoms with Crippen molar-refractivity contribution in [1.29, 1.82) is 0 Å². The molecule has 25 heavy (non-hydrogen) atoms. The summed E-state index contributed by atoms with van der Waals surface area (Å²) in [6.45, 7) is 3.10. The number of nitrogens with one attached hydrogen (secondary N) is 1. The van der Waals surface area contributed by atoms with Gasteiger partial charge in [0.2, 0.25) is 0 Å². The molecule has 0 radical (unpaired) electrons. The number of carbonyl (C=O) groups is 1. The quantitative estimate of drug-likeness (QED) is 0.815.